The number of benzene rings is 1. The quantitative estimate of drug-likeness (QED) is 0.876. The fourth-order valence-corrected chi connectivity index (χ4v) is 3.22. The number of piperidine rings is 1. The van der Waals surface area contributed by atoms with Crippen LogP contribution in [0.4, 0.5) is 0 Å². The van der Waals surface area contributed by atoms with E-state index >= 15 is 0 Å². The first kappa shape index (κ1) is 18.0. The number of hydrogen-bond donors (Lipinski definition) is 2. The van der Waals surface area contributed by atoms with Gasteiger partial charge in [-0.3, -0.25) is 9.69 Å². The van der Waals surface area contributed by atoms with E-state index in [1.54, 1.807) is 0 Å². The molecule has 1 aromatic carbocycles. The van der Waals surface area contributed by atoms with E-state index in [9.17, 15) is 9.90 Å². The van der Waals surface area contributed by atoms with Crippen molar-refractivity contribution in [3.05, 3.63) is 34.9 Å². The summed E-state index contributed by atoms with van der Waals surface area (Å²) in [5.74, 6) is 0.229. The zero-order valence-electron chi connectivity index (χ0n) is 14.9. The van der Waals surface area contributed by atoms with Crippen molar-refractivity contribution < 1.29 is 9.90 Å². The molecule has 0 unspecified atom stereocenters. The average Bonchev–Trinajstić information content (AvgIpc) is 2.44. The van der Waals surface area contributed by atoms with Crippen LogP contribution in [0.1, 0.15) is 43.4 Å². The first-order valence-electron chi connectivity index (χ1n) is 8.54. The van der Waals surface area contributed by atoms with E-state index in [-0.39, 0.29) is 5.91 Å². The zero-order valence-corrected chi connectivity index (χ0v) is 14.9. The van der Waals surface area contributed by atoms with Gasteiger partial charge in [-0.15, -0.1) is 0 Å². The second-order valence-electron chi connectivity index (χ2n) is 7.48. The van der Waals surface area contributed by atoms with Crippen molar-refractivity contribution in [3.8, 4) is 0 Å². The minimum Gasteiger partial charge on any atom is -0.381 e. The monoisotopic (exact) mass is 318 g/mol. The first-order valence-corrected chi connectivity index (χ1v) is 8.54. The molecule has 4 heteroatoms. The Morgan fingerprint density at radius 3 is 2.30 bits per heavy atom. The van der Waals surface area contributed by atoms with E-state index in [0.717, 1.165) is 32.5 Å². The standard InChI is InChI=1S/C19H30N2O2/c1-14-9-15(2)11-17(10-14)13-21-7-5-16(6-8-21)12-20-18(22)19(3,4)23/h9-11,16,23H,5-8,12-13H2,1-4H3,(H,20,22). The lowest BCUT2D eigenvalue weighted by Crippen LogP contribution is -2.45. The molecular formula is C19H30N2O2. The molecule has 0 saturated carbocycles. The number of amides is 1. The second kappa shape index (κ2) is 7.45. The molecule has 1 aliphatic heterocycles. The molecule has 1 amide bonds. The van der Waals surface area contributed by atoms with Gasteiger partial charge in [0, 0.05) is 13.1 Å². The third kappa shape index (κ3) is 5.63. The molecule has 1 saturated heterocycles. The molecular weight excluding hydrogens is 288 g/mol. The Morgan fingerprint density at radius 2 is 1.78 bits per heavy atom. The highest BCUT2D eigenvalue weighted by Gasteiger charge is 2.25. The molecule has 23 heavy (non-hydrogen) atoms. The Labute approximate surface area is 139 Å². The highest BCUT2D eigenvalue weighted by molar-refractivity contribution is 5.83. The van der Waals surface area contributed by atoms with Gasteiger partial charge in [-0.05, 0) is 65.1 Å². The van der Waals surface area contributed by atoms with Gasteiger partial charge in [-0.2, -0.15) is 0 Å². The van der Waals surface area contributed by atoms with E-state index in [2.05, 4.69) is 42.3 Å². The van der Waals surface area contributed by atoms with Crippen molar-refractivity contribution in [1.82, 2.24) is 10.2 Å². The van der Waals surface area contributed by atoms with Crippen LogP contribution in [-0.4, -0.2) is 41.1 Å². The van der Waals surface area contributed by atoms with Crippen molar-refractivity contribution in [3.63, 3.8) is 0 Å². The lowest BCUT2D eigenvalue weighted by Gasteiger charge is -2.32. The van der Waals surface area contributed by atoms with Crippen LogP contribution in [0.25, 0.3) is 0 Å². The van der Waals surface area contributed by atoms with E-state index in [1.807, 2.05) is 0 Å². The lowest BCUT2D eigenvalue weighted by atomic mass is 9.95. The summed E-state index contributed by atoms with van der Waals surface area (Å²) in [6.07, 6.45) is 2.19. The van der Waals surface area contributed by atoms with Crippen LogP contribution in [-0.2, 0) is 11.3 Å². The largest absolute Gasteiger partial charge is 0.381 e. The summed E-state index contributed by atoms with van der Waals surface area (Å²) in [5.41, 5.74) is 2.74. The van der Waals surface area contributed by atoms with Gasteiger partial charge >= 0.3 is 0 Å². The predicted molar refractivity (Wildman–Crippen MR) is 93.2 cm³/mol. The molecule has 0 bridgehead atoms. The fourth-order valence-electron chi connectivity index (χ4n) is 3.22. The molecule has 0 atom stereocenters. The minimum atomic E-state index is -1.29. The maximum atomic E-state index is 11.7. The summed E-state index contributed by atoms with van der Waals surface area (Å²) in [5, 5.41) is 12.5. The number of likely N-dealkylation sites (tertiary alicyclic amines) is 1. The molecule has 128 valence electrons. The maximum absolute atomic E-state index is 11.7. The Balaban J connectivity index is 1.77. The molecule has 1 fully saturated rings. The van der Waals surface area contributed by atoms with Crippen molar-refractivity contribution in [2.45, 2.75) is 52.7 Å². The van der Waals surface area contributed by atoms with Crippen LogP contribution in [0.5, 0.6) is 0 Å². The summed E-state index contributed by atoms with van der Waals surface area (Å²) in [4.78, 5) is 14.2. The van der Waals surface area contributed by atoms with Crippen molar-refractivity contribution in [2.75, 3.05) is 19.6 Å². The number of nitrogens with zero attached hydrogens (tertiary/aromatic N) is 1. The second-order valence-corrected chi connectivity index (χ2v) is 7.48. The Morgan fingerprint density at radius 1 is 1.22 bits per heavy atom. The molecule has 1 aromatic rings. The van der Waals surface area contributed by atoms with Gasteiger partial charge in [0.1, 0.15) is 5.60 Å². The number of hydrogen-bond acceptors (Lipinski definition) is 3. The molecule has 2 N–H and O–H groups in total. The van der Waals surface area contributed by atoms with Crippen LogP contribution in [0.15, 0.2) is 18.2 Å². The number of carbonyl (C=O) groups excluding carboxylic acids is 1. The topological polar surface area (TPSA) is 52.6 Å². The number of nitrogens with one attached hydrogen (secondary N) is 1. The highest BCUT2D eigenvalue weighted by atomic mass is 16.3. The van der Waals surface area contributed by atoms with Gasteiger partial charge in [0.05, 0.1) is 0 Å². The number of aryl methyl sites for hydroxylation is 2. The minimum absolute atomic E-state index is 0.282. The van der Waals surface area contributed by atoms with E-state index in [0.29, 0.717) is 12.5 Å². The smallest absolute Gasteiger partial charge is 0.251 e. The fraction of sp³-hybridized carbons (Fsp3) is 0.632. The summed E-state index contributed by atoms with van der Waals surface area (Å²) in [7, 11) is 0. The van der Waals surface area contributed by atoms with E-state index in [4.69, 9.17) is 0 Å². The lowest BCUT2D eigenvalue weighted by molar-refractivity contribution is -0.136. The Kier molecular flexibility index (Phi) is 5.82. The summed E-state index contributed by atoms with van der Waals surface area (Å²) >= 11 is 0. The molecule has 2 rings (SSSR count). The molecule has 0 spiro atoms. The highest BCUT2D eigenvalue weighted by Crippen LogP contribution is 2.19. The van der Waals surface area contributed by atoms with Crippen molar-refractivity contribution in [2.24, 2.45) is 5.92 Å². The Bertz CT molecular complexity index is 521. The molecule has 1 heterocycles. The number of carbonyl (C=O) groups is 1. The van der Waals surface area contributed by atoms with Crippen LogP contribution in [0, 0.1) is 19.8 Å². The normalized spacial score (nSPS) is 17.3. The van der Waals surface area contributed by atoms with Gasteiger partial charge < -0.3 is 10.4 Å². The third-order valence-electron chi connectivity index (χ3n) is 4.50. The predicted octanol–water partition coefficient (Wildman–Crippen LogP) is 2.40. The third-order valence-corrected chi connectivity index (χ3v) is 4.50. The molecule has 0 aromatic heterocycles. The van der Waals surface area contributed by atoms with E-state index in [1.165, 1.54) is 30.5 Å². The molecule has 0 aliphatic carbocycles. The Hall–Kier alpha value is -1.39. The van der Waals surface area contributed by atoms with Gasteiger partial charge in [-0.25, -0.2) is 0 Å². The zero-order chi connectivity index (χ0) is 17.0. The van der Waals surface area contributed by atoms with Crippen molar-refractivity contribution >= 4 is 5.91 Å². The molecule has 1 aliphatic rings. The SMILES string of the molecule is Cc1cc(C)cc(CN2CCC(CNC(=O)C(C)(C)O)CC2)c1. The summed E-state index contributed by atoms with van der Waals surface area (Å²) in [6.45, 7) is 11.1. The number of aliphatic hydroxyl groups is 1. The van der Waals surface area contributed by atoms with Gasteiger partial charge in [0.25, 0.3) is 5.91 Å². The van der Waals surface area contributed by atoms with E-state index < -0.39 is 5.60 Å². The number of rotatable bonds is 5. The van der Waals surface area contributed by atoms with Crippen LogP contribution < -0.4 is 5.32 Å². The van der Waals surface area contributed by atoms with Gasteiger partial charge in [-0.1, -0.05) is 29.3 Å². The summed E-state index contributed by atoms with van der Waals surface area (Å²) in [6, 6.07) is 6.74. The summed E-state index contributed by atoms with van der Waals surface area (Å²) < 4.78 is 0. The molecule has 0 radical (unpaired) electrons. The van der Waals surface area contributed by atoms with Crippen molar-refractivity contribution in [1.29, 1.82) is 0 Å². The van der Waals surface area contributed by atoms with Crippen LogP contribution in [0.3, 0.4) is 0 Å². The first-order chi connectivity index (χ1) is 10.7. The van der Waals surface area contributed by atoms with Gasteiger partial charge in [0.2, 0.25) is 0 Å². The van der Waals surface area contributed by atoms with Crippen LogP contribution in [0.2, 0.25) is 0 Å². The van der Waals surface area contributed by atoms with Crippen LogP contribution >= 0.6 is 0 Å². The van der Waals surface area contributed by atoms with Gasteiger partial charge in [0.15, 0.2) is 0 Å². The molecule has 4 nitrogen and oxygen atoms in total. The maximum Gasteiger partial charge on any atom is 0.251 e. The average molecular weight is 318 g/mol.